The van der Waals surface area contributed by atoms with Crippen molar-refractivity contribution in [2.75, 3.05) is 6.61 Å². The molecule has 0 aliphatic rings. The lowest BCUT2D eigenvalue weighted by molar-refractivity contribution is 0.0106. The van der Waals surface area contributed by atoms with E-state index in [1.54, 1.807) is 0 Å². The molecule has 0 unspecified atom stereocenters. The molecule has 224 valence electrons. The summed E-state index contributed by atoms with van der Waals surface area (Å²) in [7, 11) is 0. The number of hydrogen-bond donors (Lipinski definition) is 0. The van der Waals surface area contributed by atoms with E-state index in [0.717, 1.165) is 13.0 Å². The van der Waals surface area contributed by atoms with Gasteiger partial charge in [-0.15, -0.1) is 0 Å². The van der Waals surface area contributed by atoms with Crippen molar-refractivity contribution in [2.24, 2.45) is 0 Å². The van der Waals surface area contributed by atoms with E-state index in [2.05, 4.69) is 97.9 Å². The largest absolute Gasteiger partial charge is 0.361 e. The molecule has 0 heterocycles. The van der Waals surface area contributed by atoms with Crippen LogP contribution in [-0.4, -0.2) is 6.61 Å². The molecule has 0 fully saturated rings. The number of ether oxygens (including phenoxy) is 1. The first-order chi connectivity index (χ1) is 20.4. The van der Waals surface area contributed by atoms with Crippen molar-refractivity contribution in [3.63, 3.8) is 0 Å². The number of benzene rings is 3. The van der Waals surface area contributed by atoms with Crippen molar-refractivity contribution in [3.8, 4) is 0 Å². The van der Waals surface area contributed by atoms with Gasteiger partial charge in [0, 0.05) is 6.61 Å². The predicted octanol–water partition coefficient (Wildman–Crippen LogP) is 12.4. The van der Waals surface area contributed by atoms with Gasteiger partial charge in [0.2, 0.25) is 0 Å². The lowest BCUT2D eigenvalue weighted by atomic mass is 9.80. The maximum atomic E-state index is 6.92. The van der Waals surface area contributed by atoms with Crippen LogP contribution in [0.2, 0.25) is 0 Å². The van der Waals surface area contributed by atoms with Gasteiger partial charge in [-0.05, 0) is 23.1 Å². The molecule has 0 radical (unpaired) electrons. The zero-order chi connectivity index (χ0) is 28.7. The second-order valence-electron chi connectivity index (χ2n) is 12.0. The van der Waals surface area contributed by atoms with Crippen LogP contribution in [0.3, 0.4) is 0 Å². The molecular formula is C40H58O. The quantitative estimate of drug-likeness (QED) is 0.0790. The van der Waals surface area contributed by atoms with E-state index in [0.29, 0.717) is 0 Å². The summed E-state index contributed by atoms with van der Waals surface area (Å²) in [5, 5.41) is 0. The average Bonchev–Trinajstić information content (AvgIpc) is 3.03. The Hall–Kier alpha value is -2.38. The van der Waals surface area contributed by atoms with E-state index in [-0.39, 0.29) is 0 Å². The van der Waals surface area contributed by atoms with Crippen LogP contribution < -0.4 is 0 Å². The molecule has 0 aromatic heterocycles. The maximum Gasteiger partial charge on any atom is 0.143 e. The fourth-order valence-electron chi connectivity index (χ4n) is 6.17. The van der Waals surface area contributed by atoms with Gasteiger partial charge in [-0.3, -0.25) is 0 Å². The first-order valence-corrected chi connectivity index (χ1v) is 17.2. The zero-order valence-electron chi connectivity index (χ0n) is 26.2. The van der Waals surface area contributed by atoms with Gasteiger partial charge in [0.1, 0.15) is 5.60 Å². The molecule has 0 N–H and O–H groups in total. The maximum absolute atomic E-state index is 6.92. The molecule has 0 amide bonds. The molecule has 3 aromatic rings. The summed E-state index contributed by atoms with van der Waals surface area (Å²) in [5.41, 5.74) is 2.98. The Labute approximate surface area is 253 Å². The molecule has 0 atom stereocenters. The van der Waals surface area contributed by atoms with Crippen LogP contribution in [0.25, 0.3) is 0 Å². The summed E-state index contributed by atoms with van der Waals surface area (Å²) in [6.45, 7) is 3.06. The standard InChI is InChI=1S/C40H58O/c1-2-3-4-5-6-7-8-9-10-11-12-13-14-15-16-17-18-19-29-36-41-40(37-30-23-20-24-31-37,38-32-25-21-26-33-38)39-34-27-22-28-35-39/h20-28,30-35H,2-19,29,36H2,1H3. The molecule has 0 spiro atoms. The van der Waals surface area contributed by atoms with E-state index >= 15 is 0 Å². The summed E-state index contributed by atoms with van der Waals surface area (Å²) in [6, 6.07) is 32.2. The highest BCUT2D eigenvalue weighted by atomic mass is 16.5. The van der Waals surface area contributed by atoms with Crippen molar-refractivity contribution in [1.29, 1.82) is 0 Å². The van der Waals surface area contributed by atoms with Crippen molar-refractivity contribution in [1.82, 2.24) is 0 Å². The summed E-state index contributed by atoms with van der Waals surface area (Å²) in [6.07, 6.45) is 26.6. The highest BCUT2D eigenvalue weighted by molar-refractivity contribution is 5.47. The fraction of sp³-hybridized carbons (Fsp3) is 0.550. The zero-order valence-corrected chi connectivity index (χ0v) is 26.2. The summed E-state index contributed by atoms with van der Waals surface area (Å²) >= 11 is 0. The lowest BCUT2D eigenvalue weighted by Gasteiger charge is -2.36. The van der Waals surface area contributed by atoms with E-state index in [1.165, 1.54) is 132 Å². The molecule has 0 aliphatic heterocycles. The minimum atomic E-state index is -0.585. The van der Waals surface area contributed by atoms with Gasteiger partial charge in [0.05, 0.1) is 0 Å². The first kappa shape index (κ1) is 33.1. The molecule has 0 saturated carbocycles. The van der Waals surface area contributed by atoms with Crippen LogP contribution in [0.4, 0.5) is 0 Å². The lowest BCUT2D eigenvalue weighted by Crippen LogP contribution is -2.33. The monoisotopic (exact) mass is 554 g/mol. The van der Waals surface area contributed by atoms with Crippen molar-refractivity contribution >= 4 is 0 Å². The Kier molecular flexibility index (Phi) is 17.2. The molecule has 0 aliphatic carbocycles. The van der Waals surface area contributed by atoms with Crippen LogP contribution in [0.15, 0.2) is 91.0 Å². The second-order valence-corrected chi connectivity index (χ2v) is 12.0. The normalized spacial score (nSPS) is 11.6. The first-order valence-electron chi connectivity index (χ1n) is 17.2. The minimum Gasteiger partial charge on any atom is -0.361 e. The molecule has 3 rings (SSSR count). The summed E-state index contributed by atoms with van der Waals surface area (Å²) in [4.78, 5) is 0. The third kappa shape index (κ3) is 12.2. The second kappa shape index (κ2) is 21.3. The molecule has 3 aromatic carbocycles. The third-order valence-electron chi connectivity index (χ3n) is 8.61. The van der Waals surface area contributed by atoms with Gasteiger partial charge in [0.15, 0.2) is 0 Å². The van der Waals surface area contributed by atoms with Crippen molar-refractivity contribution < 1.29 is 4.74 Å². The van der Waals surface area contributed by atoms with E-state index in [4.69, 9.17) is 4.74 Å². The molecule has 1 nitrogen and oxygen atoms in total. The summed E-state index contributed by atoms with van der Waals surface area (Å²) in [5.74, 6) is 0. The van der Waals surface area contributed by atoms with Gasteiger partial charge >= 0.3 is 0 Å². The van der Waals surface area contributed by atoms with Gasteiger partial charge in [-0.25, -0.2) is 0 Å². The van der Waals surface area contributed by atoms with E-state index < -0.39 is 5.60 Å². The highest BCUT2D eigenvalue weighted by Crippen LogP contribution is 2.40. The Bertz CT molecular complexity index is 884. The average molecular weight is 555 g/mol. The predicted molar refractivity (Wildman–Crippen MR) is 179 cm³/mol. The van der Waals surface area contributed by atoms with Crippen LogP contribution in [-0.2, 0) is 10.3 Å². The topological polar surface area (TPSA) is 9.23 Å². The van der Waals surface area contributed by atoms with Gasteiger partial charge in [-0.1, -0.05) is 213 Å². The molecule has 1 heteroatoms. The molecule has 0 saturated heterocycles. The SMILES string of the molecule is CCCCCCCCCCCCCCCCCCCCCOC(c1ccccc1)(c1ccccc1)c1ccccc1. The molecule has 41 heavy (non-hydrogen) atoms. The van der Waals surface area contributed by atoms with E-state index in [9.17, 15) is 0 Å². The van der Waals surface area contributed by atoms with Gasteiger partial charge in [-0.2, -0.15) is 0 Å². The van der Waals surface area contributed by atoms with E-state index in [1.807, 2.05) is 0 Å². The Morgan fingerprint density at radius 2 is 0.634 bits per heavy atom. The Morgan fingerprint density at radius 3 is 0.927 bits per heavy atom. The van der Waals surface area contributed by atoms with Crippen LogP contribution in [0.1, 0.15) is 146 Å². The van der Waals surface area contributed by atoms with Crippen LogP contribution in [0, 0.1) is 0 Å². The van der Waals surface area contributed by atoms with Crippen molar-refractivity contribution in [3.05, 3.63) is 108 Å². The number of hydrogen-bond acceptors (Lipinski definition) is 1. The minimum absolute atomic E-state index is 0.585. The van der Waals surface area contributed by atoms with Crippen LogP contribution in [0.5, 0.6) is 0 Å². The Balaban J connectivity index is 1.29. The van der Waals surface area contributed by atoms with Crippen LogP contribution >= 0.6 is 0 Å². The van der Waals surface area contributed by atoms with Gasteiger partial charge < -0.3 is 4.74 Å². The molecular weight excluding hydrogens is 496 g/mol. The number of unbranched alkanes of at least 4 members (excludes halogenated alkanes) is 18. The third-order valence-corrected chi connectivity index (χ3v) is 8.61. The Morgan fingerprint density at radius 1 is 0.366 bits per heavy atom. The smallest absolute Gasteiger partial charge is 0.143 e. The van der Waals surface area contributed by atoms with Crippen molar-refractivity contribution in [2.45, 2.75) is 135 Å². The van der Waals surface area contributed by atoms with Gasteiger partial charge in [0.25, 0.3) is 0 Å². The number of rotatable bonds is 24. The fourth-order valence-corrected chi connectivity index (χ4v) is 6.17. The molecule has 0 bridgehead atoms. The summed E-state index contributed by atoms with van der Waals surface area (Å²) < 4.78 is 6.92. The highest BCUT2D eigenvalue weighted by Gasteiger charge is 2.37.